The average Bonchev–Trinajstić information content (AvgIpc) is 2.50. The summed E-state index contributed by atoms with van der Waals surface area (Å²) in [5.41, 5.74) is 0.630. The Kier molecular flexibility index (Phi) is 6.19. The van der Waals surface area contributed by atoms with Crippen LogP contribution in [0.4, 0.5) is 14.9 Å². The standard InChI is InChI=1S/C17H26FN3O/c1-14(2)4-3-9-20-10-12-21(13-11-20)17(22)19-16-7-5-15(18)6-8-16/h5-8,14H,3-4,9-13H2,1-2H3,(H,19,22). The molecule has 0 aromatic heterocycles. The highest BCUT2D eigenvalue weighted by atomic mass is 19.1. The van der Waals surface area contributed by atoms with Gasteiger partial charge in [-0.05, 0) is 49.6 Å². The smallest absolute Gasteiger partial charge is 0.321 e. The second-order valence-corrected chi connectivity index (χ2v) is 6.30. The molecular formula is C17H26FN3O. The van der Waals surface area contributed by atoms with Gasteiger partial charge in [0.2, 0.25) is 0 Å². The molecule has 4 nitrogen and oxygen atoms in total. The van der Waals surface area contributed by atoms with Crippen molar-refractivity contribution >= 4 is 11.7 Å². The van der Waals surface area contributed by atoms with Gasteiger partial charge in [-0.25, -0.2) is 9.18 Å². The molecular weight excluding hydrogens is 281 g/mol. The van der Waals surface area contributed by atoms with Gasteiger partial charge < -0.3 is 10.2 Å². The van der Waals surface area contributed by atoms with E-state index in [0.29, 0.717) is 5.69 Å². The van der Waals surface area contributed by atoms with Crippen molar-refractivity contribution < 1.29 is 9.18 Å². The maximum absolute atomic E-state index is 12.8. The Morgan fingerprint density at radius 1 is 1.18 bits per heavy atom. The molecule has 1 N–H and O–H groups in total. The summed E-state index contributed by atoms with van der Waals surface area (Å²) >= 11 is 0. The topological polar surface area (TPSA) is 35.6 Å². The summed E-state index contributed by atoms with van der Waals surface area (Å²) in [6, 6.07) is 5.75. The molecule has 122 valence electrons. The van der Waals surface area contributed by atoms with Crippen molar-refractivity contribution in [3.63, 3.8) is 0 Å². The Labute approximate surface area is 132 Å². The quantitative estimate of drug-likeness (QED) is 0.905. The molecule has 1 aromatic rings. The van der Waals surface area contributed by atoms with Crippen LogP contribution in [-0.4, -0.2) is 48.6 Å². The predicted molar refractivity (Wildman–Crippen MR) is 87.5 cm³/mol. The number of halogens is 1. The van der Waals surface area contributed by atoms with Crippen molar-refractivity contribution in [2.45, 2.75) is 26.7 Å². The second kappa shape index (κ2) is 8.13. The number of carbonyl (C=O) groups is 1. The Hall–Kier alpha value is -1.62. The van der Waals surface area contributed by atoms with Gasteiger partial charge in [0.25, 0.3) is 0 Å². The van der Waals surface area contributed by atoms with Crippen molar-refractivity contribution in [3.8, 4) is 0 Å². The number of piperazine rings is 1. The number of hydrogen-bond donors (Lipinski definition) is 1. The maximum atomic E-state index is 12.8. The van der Waals surface area contributed by atoms with E-state index in [0.717, 1.165) is 38.6 Å². The summed E-state index contributed by atoms with van der Waals surface area (Å²) < 4.78 is 12.8. The number of carbonyl (C=O) groups excluding carboxylic acids is 1. The lowest BCUT2D eigenvalue weighted by molar-refractivity contribution is 0.145. The third-order valence-corrected chi connectivity index (χ3v) is 4.01. The molecule has 22 heavy (non-hydrogen) atoms. The Morgan fingerprint density at radius 3 is 2.41 bits per heavy atom. The highest BCUT2D eigenvalue weighted by Gasteiger charge is 2.20. The summed E-state index contributed by atoms with van der Waals surface area (Å²) in [6.45, 7) is 8.95. The Balaban J connectivity index is 1.71. The highest BCUT2D eigenvalue weighted by Crippen LogP contribution is 2.11. The number of rotatable bonds is 5. The molecule has 1 aliphatic rings. The Bertz CT molecular complexity index is 467. The van der Waals surface area contributed by atoms with Crippen molar-refractivity contribution in [1.82, 2.24) is 9.80 Å². The monoisotopic (exact) mass is 307 g/mol. The van der Waals surface area contributed by atoms with E-state index in [1.54, 1.807) is 12.1 Å². The molecule has 2 rings (SSSR count). The number of anilines is 1. The van der Waals surface area contributed by atoms with Crippen molar-refractivity contribution in [1.29, 1.82) is 0 Å². The highest BCUT2D eigenvalue weighted by molar-refractivity contribution is 5.89. The third-order valence-electron chi connectivity index (χ3n) is 4.01. The van der Waals surface area contributed by atoms with Crippen molar-refractivity contribution in [2.24, 2.45) is 5.92 Å². The van der Waals surface area contributed by atoms with Gasteiger partial charge in [-0.3, -0.25) is 4.90 Å². The van der Waals surface area contributed by atoms with Crippen LogP contribution in [0.5, 0.6) is 0 Å². The molecule has 0 radical (unpaired) electrons. The molecule has 0 aliphatic carbocycles. The minimum atomic E-state index is -0.298. The van der Waals surface area contributed by atoms with Gasteiger partial charge in [0.05, 0.1) is 0 Å². The number of urea groups is 1. The molecule has 5 heteroatoms. The molecule has 2 amide bonds. The zero-order chi connectivity index (χ0) is 15.9. The van der Waals surface area contributed by atoms with Crippen LogP contribution in [0, 0.1) is 11.7 Å². The van der Waals surface area contributed by atoms with Crippen LogP contribution in [0.25, 0.3) is 0 Å². The molecule has 0 bridgehead atoms. The first-order valence-corrected chi connectivity index (χ1v) is 8.08. The fraction of sp³-hybridized carbons (Fsp3) is 0.588. The molecule has 1 aromatic carbocycles. The molecule has 0 atom stereocenters. The number of nitrogens with one attached hydrogen (secondary N) is 1. The largest absolute Gasteiger partial charge is 0.322 e. The predicted octanol–water partition coefficient (Wildman–Crippen LogP) is 3.41. The van der Waals surface area contributed by atoms with Crippen LogP contribution < -0.4 is 5.32 Å². The van der Waals surface area contributed by atoms with E-state index in [1.807, 2.05) is 4.90 Å². The van der Waals surface area contributed by atoms with Crippen molar-refractivity contribution in [2.75, 3.05) is 38.0 Å². The number of amides is 2. The van der Waals surface area contributed by atoms with Gasteiger partial charge in [-0.2, -0.15) is 0 Å². The van der Waals surface area contributed by atoms with E-state index in [-0.39, 0.29) is 11.8 Å². The first-order valence-electron chi connectivity index (χ1n) is 8.08. The summed E-state index contributed by atoms with van der Waals surface area (Å²) in [4.78, 5) is 16.4. The van der Waals surface area contributed by atoms with Gasteiger partial charge in [0.15, 0.2) is 0 Å². The lowest BCUT2D eigenvalue weighted by atomic mass is 10.1. The second-order valence-electron chi connectivity index (χ2n) is 6.30. The first kappa shape index (κ1) is 16.7. The lowest BCUT2D eigenvalue weighted by Crippen LogP contribution is -2.50. The first-order chi connectivity index (χ1) is 10.5. The number of benzene rings is 1. The molecule has 1 fully saturated rings. The molecule has 1 saturated heterocycles. The molecule has 0 unspecified atom stereocenters. The SMILES string of the molecule is CC(C)CCCN1CCN(C(=O)Nc2ccc(F)cc2)CC1. The Morgan fingerprint density at radius 2 is 1.82 bits per heavy atom. The maximum Gasteiger partial charge on any atom is 0.321 e. The minimum absolute atomic E-state index is 0.103. The molecule has 1 heterocycles. The van der Waals surface area contributed by atoms with Crippen LogP contribution in [0.2, 0.25) is 0 Å². The van der Waals surface area contributed by atoms with Crippen LogP contribution in [0.3, 0.4) is 0 Å². The summed E-state index contributed by atoms with van der Waals surface area (Å²) in [5.74, 6) is 0.454. The van der Waals surface area contributed by atoms with Gasteiger partial charge in [-0.15, -0.1) is 0 Å². The van der Waals surface area contributed by atoms with E-state index in [2.05, 4.69) is 24.1 Å². The fourth-order valence-electron chi connectivity index (χ4n) is 2.63. The van der Waals surface area contributed by atoms with E-state index in [9.17, 15) is 9.18 Å². The van der Waals surface area contributed by atoms with E-state index < -0.39 is 0 Å². The van der Waals surface area contributed by atoms with Gasteiger partial charge in [-0.1, -0.05) is 13.8 Å². The van der Waals surface area contributed by atoms with Crippen molar-refractivity contribution in [3.05, 3.63) is 30.1 Å². The zero-order valence-electron chi connectivity index (χ0n) is 13.5. The summed E-state index contributed by atoms with van der Waals surface area (Å²) in [5, 5.41) is 2.81. The zero-order valence-corrected chi connectivity index (χ0v) is 13.5. The summed E-state index contributed by atoms with van der Waals surface area (Å²) in [7, 11) is 0. The van der Waals surface area contributed by atoms with Crippen LogP contribution in [0.1, 0.15) is 26.7 Å². The number of hydrogen-bond acceptors (Lipinski definition) is 2. The van der Waals surface area contributed by atoms with E-state index in [1.165, 1.54) is 25.0 Å². The van der Waals surface area contributed by atoms with Gasteiger partial charge >= 0.3 is 6.03 Å². The molecule has 1 aliphatic heterocycles. The minimum Gasteiger partial charge on any atom is -0.322 e. The van der Waals surface area contributed by atoms with Crippen LogP contribution in [0.15, 0.2) is 24.3 Å². The van der Waals surface area contributed by atoms with Gasteiger partial charge in [0, 0.05) is 31.9 Å². The number of nitrogens with zero attached hydrogens (tertiary/aromatic N) is 2. The fourth-order valence-corrected chi connectivity index (χ4v) is 2.63. The summed E-state index contributed by atoms with van der Waals surface area (Å²) in [6.07, 6.45) is 2.48. The lowest BCUT2D eigenvalue weighted by Gasteiger charge is -2.34. The van der Waals surface area contributed by atoms with E-state index >= 15 is 0 Å². The normalized spacial score (nSPS) is 16.1. The third kappa shape index (κ3) is 5.30. The molecule has 0 spiro atoms. The van der Waals surface area contributed by atoms with E-state index in [4.69, 9.17) is 0 Å². The molecule has 0 saturated carbocycles. The average molecular weight is 307 g/mol. The van der Waals surface area contributed by atoms with Gasteiger partial charge in [0.1, 0.15) is 5.82 Å². The van der Waals surface area contributed by atoms with Crippen LogP contribution in [-0.2, 0) is 0 Å². The van der Waals surface area contributed by atoms with Crippen LogP contribution >= 0.6 is 0 Å².